The normalized spacial score (nSPS) is 10.0. The minimum absolute atomic E-state index is 0.155. The van der Waals surface area contributed by atoms with Gasteiger partial charge in [-0.25, -0.2) is 4.98 Å². The summed E-state index contributed by atoms with van der Waals surface area (Å²) in [6.45, 7) is 1.77. The first-order chi connectivity index (χ1) is 10.0. The van der Waals surface area contributed by atoms with Gasteiger partial charge in [-0.3, -0.25) is 9.59 Å². The monoisotopic (exact) mass is 284 g/mol. The molecule has 2 rings (SSSR count). The van der Waals surface area contributed by atoms with Gasteiger partial charge in [-0.1, -0.05) is 6.07 Å². The van der Waals surface area contributed by atoms with Crippen LogP contribution in [0.3, 0.4) is 0 Å². The molecular formula is C15H16N4O2. The van der Waals surface area contributed by atoms with Crippen molar-refractivity contribution in [3.8, 4) is 0 Å². The Hall–Kier alpha value is -2.89. The Morgan fingerprint density at radius 2 is 1.90 bits per heavy atom. The summed E-state index contributed by atoms with van der Waals surface area (Å²) >= 11 is 0. The molecule has 1 heterocycles. The lowest BCUT2D eigenvalue weighted by atomic mass is 10.1. The molecule has 0 bridgehead atoms. The number of carbonyl (C=O) groups excluding carboxylic acids is 2. The molecular weight excluding hydrogens is 268 g/mol. The van der Waals surface area contributed by atoms with Crippen LogP contribution in [0.15, 0.2) is 36.5 Å². The average Bonchev–Trinajstić information content (AvgIpc) is 2.49. The summed E-state index contributed by atoms with van der Waals surface area (Å²) in [6.07, 6.45) is 1.50. The van der Waals surface area contributed by atoms with Crippen LogP contribution >= 0.6 is 0 Å². The summed E-state index contributed by atoms with van der Waals surface area (Å²) in [5.74, 6) is -0.619. The minimum atomic E-state index is -0.412. The second-order valence-electron chi connectivity index (χ2n) is 4.45. The lowest BCUT2D eigenvalue weighted by Gasteiger charge is -2.12. The molecule has 1 aromatic carbocycles. The van der Waals surface area contributed by atoms with E-state index in [4.69, 9.17) is 5.73 Å². The van der Waals surface area contributed by atoms with Crippen molar-refractivity contribution in [3.63, 3.8) is 0 Å². The van der Waals surface area contributed by atoms with E-state index in [-0.39, 0.29) is 11.6 Å². The molecule has 0 aliphatic carbocycles. The van der Waals surface area contributed by atoms with E-state index in [0.29, 0.717) is 22.5 Å². The van der Waals surface area contributed by atoms with Gasteiger partial charge in [0.05, 0.1) is 5.69 Å². The van der Waals surface area contributed by atoms with Crippen molar-refractivity contribution in [2.24, 2.45) is 0 Å². The zero-order valence-electron chi connectivity index (χ0n) is 11.8. The molecule has 21 heavy (non-hydrogen) atoms. The van der Waals surface area contributed by atoms with Crippen molar-refractivity contribution >= 4 is 23.2 Å². The molecule has 0 unspecified atom stereocenters. The summed E-state index contributed by atoms with van der Waals surface area (Å²) in [5, 5.41) is 5.28. The largest absolute Gasteiger partial charge is 0.397 e. The molecule has 0 aliphatic heterocycles. The molecule has 2 aromatic rings. The molecule has 4 N–H and O–H groups in total. The van der Waals surface area contributed by atoms with Crippen LogP contribution in [-0.2, 0) is 0 Å². The Morgan fingerprint density at radius 1 is 1.14 bits per heavy atom. The number of rotatable bonds is 3. The van der Waals surface area contributed by atoms with Gasteiger partial charge in [-0.15, -0.1) is 0 Å². The highest BCUT2D eigenvalue weighted by Gasteiger charge is 2.15. The van der Waals surface area contributed by atoms with Crippen LogP contribution in [0.4, 0.5) is 11.4 Å². The second kappa shape index (κ2) is 6.04. The first-order valence-electron chi connectivity index (χ1n) is 6.38. The predicted octanol–water partition coefficient (Wildman–Crippen LogP) is 1.58. The Bertz CT molecular complexity index is 698. The van der Waals surface area contributed by atoms with E-state index < -0.39 is 5.91 Å². The van der Waals surface area contributed by atoms with Crippen molar-refractivity contribution in [1.82, 2.24) is 10.3 Å². The summed E-state index contributed by atoms with van der Waals surface area (Å²) in [4.78, 5) is 27.9. The van der Waals surface area contributed by atoms with E-state index in [9.17, 15) is 9.59 Å². The number of hydrogen-bond acceptors (Lipinski definition) is 4. The SMILES string of the molecule is CNC(=O)c1cccc(NC(=O)c2ncccc2N)c1C. The van der Waals surface area contributed by atoms with Crippen LogP contribution in [0.2, 0.25) is 0 Å². The molecule has 2 amide bonds. The number of nitrogens with zero attached hydrogens (tertiary/aromatic N) is 1. The van der Waals surface area contributed by atoms with Crippen LogP contribution in [-0.4, -0.2) is 23.8 Å². The van der Waals surface area contributed by atoms with Crippen LogP contribution in [0.5, 0.6) is 0 Å². The maximum absolute atomic E-state index is 12.2. The highest BCUT2D eigenvalue weighted by atomic mass is 16.2. The van der Waals surface area contributed by atoms with Gasteiger partial charge in [0, 0.05) is 24.5 Å². The van der Waals surface area contributed by atoms with Gasteiger partial charge in [0.1, 0.15) is 0 Å². The summed E-state index contributed by atoms with van der Waals surface area (Å²) in [6, 6.07) is 8.38. The van der Waals surface area contributed by atoms with Gasteiger partial charge < -0.3 is 16.4 Å². The smallest absolute Gasteiger partial charge is 0.276 e. The standard InChI is InChI=1S/C15H16N4O2/c1-9-10(14(20)17-2)5-3-7-12(9)19-15(21)13-11(16)6-4-8-18-13/h3-8H,16H2,1-2H3,(H,17,20)(H,19,21). The van der Waals surface area contributed by atoms with E-state index in [1.807, 2.05) is 0 Å². The molecule has 0 saturated heterocycles. The summed E-state index contributed by atoms with van der Waals surface area (Å²) in [7, 11) is 1.56. The first-order valence-corrected chi connectivity index (χ1v) is 6.38. The van der Waals surface area contributed by atoms with Gasteiger partial charge in [-0.05, 0) is 36.8 Å². The summed E-state index contributed by atoms with van der Waals surface area (Å²) < 4.78 is 0. The fourth-order valence-electron chi connectivity index (χ4n) is 1.94. The highest BCUT2D eigenvalue weighted by molar-refractivity contribution is 6.07. The molecule has 6 heteroatoms. The zero-order chi connectivity index (χ0) is 15.4. The lowest BCUT2D eigenvalue weighted by molar-refractivity contribution is 0.0960. The molecule has 0 radical (unpaired) electrons. The molecule has 0 spiro atoms. The fourth-order valence-corrected chi connectivity index (χ4v) is 1.94. The van der Waals surface area contributed by atoms with E-state index in [1.54, 1.807) is 44.3 Å². The first kappa shape index (κ1) is 14.5. The third-order valence-electron chi connectivity index (χ3n) is 3.11. The predicted molar refractivity (Wildman–Crippen MR) is 81.2 cm³/mol. The Morgan fingerprint density at radius 3 is 2.57 bits per heavy atom. The Labute approximate surface area is 122 Å². The maximum Gasteiger partial charge on any atom is 0.276 e. The van der Waals surface area contributed by atoms with Gasteiger partial charge >= 0.3 is 0 Å². The second-order valence-corrected chi connectivity index (χ2v) is 4.45. The molecule has 1 aromatic heterocycles. The van der Waals surface area contributed by atoms with Crippen molar-refractivity contribution in [2.75, 3.05) is 18.1 Å². The molecule has 0 fully saturated rings. The quantitative estimate of drug-likeness (QED) is 0.797. The Kier molecular flexibility index (Phi) is 4.18. The van der Waals surface area contributed by atoms with Crippen molar-refractivity contribution < 1.29 is 9.59 Å². The van der Waals surface area contributed by atoms with Gasteiger partial charge in [0.25, 0.3) is 11.8 Å². The van der Waals surface area contributed by atoms with Crippen molar-refractivity contribution in [3.05, 3.63) is 53.3 Å². The van der Waals surface area contributed by atoms with E-state index >= 15 is 0 Å². The molecule has 0 saturated carbocycles. The number of nitrogen functional groups attached to an aromatic ring is 1. The lowest BCUT2D eigenvalue weighted by Crippen LogP contribution is -2.21. The summed E-state index contributed by atoms with van der Waals surface area (Å²) in [5.41, 5.74) is 7.91. The van der Waals surface area contributed by atoms with Crippen molar-refractivity contribution in [2.45, 2.75) is 6.92 Å². The number of pyridine rings is 1. The van der Waals surface area contributed by atoms with Crippen molar-refractivity contribution in [1.29, 1.82) is 0 Å². The number of amides is 2. The average molecular weight is 284 g/mol. The van der Waals surface area contributed by atoms with E-state index in [2.05, 4.69) is 15.6 Å². The molecule has 0 atom stereocenters. The molecule has 0 aliphatic rings. The van der Waals surface area contributed by atoms with E-state index in [0.717, 1.165) is 0 Å². The van der Waals surface area contributed by atoms with Crippen LogP contribution in [0.25, 0.3) is 0 Å². The zero-order valence-corrected chi connectivity index (χ0v) is 11.8. The Balaban J connectivity index is 2.30. The topological polar surface area (TPSA) is 97.1 Å². The van der Waals surface area contributed by atoms with Gasteiger partial charge in [-0.2, -0.15) is 0 Å². The number of nitrogens with two attached hydrogens (primary N) is 1. The van der Waals surface area contributed by atoms with Crippen LogP contribution < -0.4 is 16.4 Å². The molecule has 108 valence electrons. The van der Waals surface area contributed by atoms with Gasteiger partial charge in [0.15, 0.2) is 5.69 Å². The van der Waals surface area contributed by atoms with Crippen LogP contribution in [0.1, 0.15) is 26.4 Å². The van der Waals surface area contributed by atoms with E-state index in [1.165, 1.54) is 6.20 Å². The number of hydrogen-bond donors (Lipinski definition) is 3. The highest BCUT2D eigenvalue weighted by Crippen LogP contribution is 2.20. The molecule has 6 nitrogen and oxygen atoms in total. The third kappa shape index (κ3) is 3.00. The number of nitrogens with one attached hydrogen (secondary N) is 2. The third-order valence-corrected chi connectivity index (χ3v) is 3.11. The number of anilines is 2. The fraction of sp³-hybridized carbons (Fsp3) is 0.133. The number of aromatic nitrogens is 1. The van der Waals surface area contributed by atoms with Gasteiger partial charge in [0.2, 0.25) is 0 Å². The number of carbonyl (C=O) groups is 2. The van der Waals surface area contributed by atoms with Crippen LogP contribution in [0, 0.1) is 6.92 Å². The minimum Gasteiger partial charge on any atom is -0.397 e. The maximum atomic E-state index is 12.2. The number of benzene rings is 1.